The largest absolute Gasteiger partial charge is 0.480 e. The molecule has 0 fully saturated rings. The summed E-state index contributed by atoms with van der Waals surface area (Å²) in [4.78, 5) is 14.2. The van der Waals surface area contributed by atoms with Gasteiger partial charge in [-0.05, 0) is 6.07 Å². The second-order valence-corrected chi connectivity index (χ2v) is 4.19. The number of benzene rings is 1. The van der Waals surface area contributed by atoms with Crippen LogP contribution in [0.3, 0.4) is 0 Å². The Balaban J connectivity index is 2.28. The smallest absolute Gasteiger partial charge is 0.326 e. The lowest BCUT2D eigenvalue weighted by Gasteiger charge is -2.24. The van der Waals surface area contributed by atoms with Gasteiger partial charge in [-0.1, -0.05) is 18.2 Å². The molecule has 4 N–H and O–H groups in total. The molecule has 2 atom stereocenters. The van der Waals surface area contributed by atoms with Crippen LogP contribution >= 0.6 is 0 Å². The predicted octanol–water partition coefficient (Wildman–Crippen LogP) is 0.930. The number of hydrogen-bond acceptors (Lipinski definition) is 3. The second-order valence-electron chi connectivity index (χ2n) is 4.19. The van der Waals surface area contributed by atoms with Gasteiger partial charge >= 0.3 is 5.97 Å². The van der Waals surface area contributed by atoms with E-state index in [0.717, 1.165) is 10.9 Å². The van der Waals surface area contributed by atoms with Crippen LogP contribution in [0.4, 0.5) is 0 Å². The number of carbonyl (C=O) groups is 1. The molecule has 0 aliphatic carbocycles. The van der Waals surface area contributed by atoms with Gasteiger partial charge in [0, 0.05) is 23.0 Å². The average molecular weight is 232 g/mol. The van der Waals surface area contributed by atoms with Gasteiger partial charge in [0.15, 0.2) is 0 Å². The number of rotatable bonds is 1. The van der Waals surface area contributed by atoms with Crippen molar-refractivity contribution >= 4 is 16.9 Å². The summed E-state index contributed by atoms with van der Waals surface area (Å²) >= 11 is 0. The van der Waals surface area contributed by atoms with Crippen molar-refractivity contribution in [3.63, 3.8) is 0 Å². The molecule has 0 saturated heterocycles. The Hall–Kier alpha value is -1.85. The number of aliphatic hydroxyl groups is 1. The molecule has 5 nitrogen and oxygen atoms in total. The topological polar surface area (TPSA) is 85.3 Å². The molecular formula is C12H12N2O3. The van der Waals surface area contributed by atoms with E-state index in [0.29, 0.717) is 11.3 Å². The minimum absolute atomic E-state index is 0.256. The average Bonchev–Trinajstić information content (AvgIpc) is 2.68. The number of hydrogen-bond donors (Lipinski definition) is 4. The number of carboxylic acid groups (broad SMARTS) is 1. The van der Waals surface area contributed by atoms with Gasteiger partial charge in [0.05, 0.1) is 11.8 Å². The lowest BCUT2D eigenvalue weighted by atomic mass is 9.97. The molecule has 0 amide bonds. The van der Waals surface area contributed by atoms with Crippen LogP contribution in [0.5, 0.6) is 0 Å². The normalized spacial score (nSPS) is 23.6. The Morgan fingerprint density at radius 1 is 1.35 bits per heavy atom. The summed E-state index contributed by atoms with van der Waals surface area (Å²) in [7, 11) is 0. The van der Waals surface area contributed by atoms with E-state index in [1.54, 1.807) is 0 Å². The van der Waals surface area contributed by atoms with E-state index in [1.807, 2.05) is 24.3 Å². The van der Waals surface area contributed by atoms with Crippen LogP contribution < -0.4 is 5.32 Å². The summed E-state index contributed by atoms with van der Waals surface area (Å²) in [5.74, 6) is -0.940. The number of aromatic nitrogens is 1. The number of nitrogens with one attached hydrogen (secondary N) is 2. The van der Waals surface area contributed by atoms with E-state index in [4.69, 9.17) is 5.11 Å². The lowest BCUT2D eigenvalue weighted by Crippen LogP contribution is -2.37. The Kier molecular flexibility index (Phi) is 2.17. The fraction of sp³-hybridized carbons (Fsp3) is 0.250. The van der Waals surface area contributed by atoms with E-state index in [1.165, 1.54) is 0 Å². The van der Waals surface area contributed by atoms with Crippen LogP contribution in [0.1, 0.15) is 23.4 Å². The van der Waals surface area contributed by atoms with Crippen molar-refractivity contribution in [3.05, 3.63) is 35.5 Å². The number of aliphatic carboxylic acids is 1. The molecule has 3 rings (SSSR count). The van der Waals surface area contributed by atoms with Crippen molar-refractivity contribution in [2.45, 2.75) is 12.1 Å². The van der Waals surface area contributed by atoms with Crippen LogP contribution in [0, 0.1) is 0 Å². The molecule has 2 heterocycles. The molecule has 5 heteroatoms. The number of carboxylic acids is 1. The quantitative estimate of drug-likeness (QED) is 0.589. The minimum atomic E-state index is -0.940. The van der Waals surface area contributed by atoms with Gasteiger partial charge in [0.2, 0.25) is 0 Å². The third kappa shape index (κ3) is 1.44. The molecule has 0 radical (unpaired) electrons. The third-order valence-electron chi connectivity index (χ3n) is 3.16. The number of fused-ring (bicyclic) bond motifs is 3. The zero-order valence-electron chi connectivity index (χ0n) is 8.97. The summed E-state index contributed by atoms with van der Waals surface area (Å²) in [5, 5.41) is 22.8. The highest BCUT2D eigenvalue weighted by Crippen LogP contribution is 2.34. The molecule has 2 aromatic rings. The van der Waals surface area contributed by atoms with Crippen molar-refractivity contribution in [2.24, 2.45) is 0 Å². The van der Waals surface area contributed by atoms with Crippen molar-refractivity contribution in [1.29, 1.82) is 0 Å². The first-order valence-electron chi connectivity index (χ1n) is 5.43. The molecular weight excluding hydrogens is 220 g/mol. The fourth-order valence-corrected chi connectivity index (χ4v) is 2.42. The van der Waals surface area contributed by atoms with Crippen LogP contribution in [0.15, 0.2) is 24.3 Å². The van der Waals surface area contributed by atoms with Crippen molar-refractivity contribution in [3.8, 4) is 0 Å². The van der Waals surface area contributed by atoms with Crippen LogP contribution in [-0.4, -0.2) is 27.7 Å². The summed E-state index contributed by atoms with van der Waals surface area (Å²) < 4.78 is 0. The van der Waals surface area contributed by atoms with Gasteiger partial charge in [0.25, 0.3) is 0 Å². The molecule has 0 bridgehead atoms. The number of aliphatic hydroxyl groups excluding tert-OH is 1. The molecule has 0 spiro atoms. The van der Waals surface area contributed by atoms with Crippen molar-refractivity contribution in [1.82, 2.24) is 10.3 Å². The summed E-state index contributed by atoms with van der Waals surface area (Å²) in [5.41, 5.74) is 2.11. The maximum Gasteiger partial charge on any atom is 0.326 e. The highest BCUT2D eigenvalue weighted by Gasteiger charge is 2.33. The van der Waals surface area contributed by atoms with Crippen LogP contribution in [0.25, 0.3) is 10.9 Å². The summed E-state index contributed by atoms with van der Waals surface area (Å²) in [6.45, 7) is 0.256. The fourth-order valence-electron chi connectivity index (χ4n) is 2.42. The Morgan fingerprint density at radius 3 is 2.88 bits per heavy atom. The molecule has 0 saturated carbocycles. The van der Waals surface area contributed by atoms with E-state index < -0.39 is 18.1 Å². The zero-order valence-corrected chi connectivity index (χ0v) is 8.97. The maximum absolute atomic E-state index is 11.1. The monoisotopic (exact) mass is 232 g/mol. The zero-order chi connectivity index (χ0) is 12.0. The first kappa shape index (κ1) is 10.3. The molecule has 2 unspecified atom stereocenters. The molecule has 1 aliphatic rings. The van der Waals surface area contributed by atoms with Crippen molar-refractivity contribution < 1.29 is 15.0 Å². The standard InChI is InChI=1S/C12H12N2O3/c15-8-5-13-11(12(16)17)10-9(8)6-3-1-2-4-7(6)14-10/h1-4,8,11,13-15H,5H2,(H,16,17). The minimum Gasteiger partial charge on any atom is -0.480 e. The maximum atomic E-state index is 11.1. The van der Waals surface area contributed by atoms with Gasteiger partial charge in [-0.25, -0.2) is 0 Å². The van der Waals surface area contributed by atoms with Crippen LogP contribution in [-0.2, 0) is 4.79 Å². The second kappa shape index (κ2) is 3.58. The van der Waals surface area contributed by atoms with E-state index in [-0.39, 0.29) is 6.54 Å². The van der Waals surface area contributed by atoms with E-state index >= 15 is 0 Å². The van der Waals surface area contributed by atoms with E-state index in [2.05, 4.69) is 10.3 Å². The molecule has 88 valence electrons. The SMILES string of the molecule is O=C(O)C1NCC(O)c2c1[nH]c1ccccc21. The summed E-state index contributed by atoms with van der Waals surface area (Å²) in [6, 6.07) is 6.74. The first-order valence-corrected chi connectivity index (χ1v) is 5.43. The molecule has 1 aromatic carbocycles. The van der Waals surface area contributed by atoms with Gasteiger partial charge in [-0.15, -0.1) is 0 Å². The predicted molar refractivity (Wildman–Crippen MR) is 61.6 cm³/mol. The van der Waals surface area contributed by atoms with Gasteiger partial charge in [-0.3, -0.25) is 10.1 Å². The number of aromatic amines is 1. The number of β-amino-alcohol motifs (C(OH)–C–C–N with tert-alkyl or cyclic N) is 1. The Morgan fingerprint density at radius 2 is 2.12 bits per heavy atom. The van der Waals surface area contributed by atoms with Crippen LogP contribution in [0.2, 0.25) is 0 Å². The Labute approximate surface area is 97.1 Å². The van der Waals surface area contributed by atoms with Crippen molar-refractivity contribution in [2.75, 3.05) is 6.54 Å². The van der Waals surface area contributed by atoms with Gasteiger partial charge in [0.1, 0.15) is 6.04 Å². The molecule has 1 aromatic heterocycles. The molecule has 1 aliphatic heterocycles. The number of para-hydroxylation sites is 1. The van der Waals surface area contributed by atoms with Gasteiger partial charge < -0.3 is 15.2 Å². The highest BCUT2D eigenvalue weighted by molar-refractivity contribution is 5.88. The first-order chi connectivity index (χ1) is 8.18. The van der Waals surface area contributed by atoms with E-state index in [9.17, 15) is 9.90 Å². The third-order valence-corrected chi connectivity index (χ3v) is 3.16. The highest BCUT2D eigenvalue weighted by atomic mass is 16.4. The molecule has 17 heavy (non-hydrogen) atoms. The summed E-state index contributed by atoms with van der Waals surface area (Å²) in [6.07, 6.45) is -0.670. The van der Waals surface area contributed by atoms with Gasteiger partial charge in [-0.2, -0.15) is 0 Å². The number of H-pyrrole nitrogens is 1. The Bertz CT molecular complexity index is 590. The lowest BCUT2D eigenvalue weighted by molar-refractivity contribution is -0.140.